The maximum Gasteiger partial charge on any atom is 0.0569 e. The molecule has 0 unspecified atom stereocenters. The summed E-state index contributed by atoms with van der Waals surface area (Å²) in [7, 11) is 0. The summed E-state index contributed by atoms with van der Waals surface area (Å²) in [6.07, 6.45) is 4.00. The molecule has 0 spiro atoms. The monoisotopic (exact) mass is 213 g/mol. The average Bonchev–Trinajstić information content (AvgIpc) is 2.71. The number of rotatable bonds is 1. The van der Waals surface area contributed by atoms with Crippen molar-refractivity contribution >= 4 is 5.69 Å². The summed E-state index contributed by atoms with van der Waals surface area (Å²) < 4.78 is 0. The number of benzene rings is 1. The molecule has 0 fully saturated rings. The van der Waals surface area contributed by atoms with E-state index in [0.717, 1.165) is 19.4 Å². The van der Waals surface area contributed by atoms with Crippen molar-refractivity contribution < 1.29 is 0 Å². The normalized spacial score (nSPS) is 13.6. The first-order valence-corrected chi connectivity index (χ1v) is 5.78. The third-order valence-corrected chi connectivity index (χ3v) is 3.22. The first-order chi connectivity index (χ1) is 7.90. The standard InChI is InChI=1S/C13H15N3/c1-2-9-4-3-5-10-11-8-15-16-12(11)6-7-14-13(9)10/h3-5,8,14H,2,6-7H2,1H3,(H,15,16). The number of hydrogen-bond donors (Lipinski definition) is 2. The van der Waals surface area contributed by atoms with Gasteiger partial charge in [0.15, 0.2) is 0 Å². The van der Waals surface area contributed by atoms with Crippen molar-refractivity contribution in [2.45, 2.75) is 19.8 Å². The summed E-state index contributed by atoms with van der Waals surface area (Å²) >= 11 is 0. The lowest BCUT2D eigenvalue weighted by Crippen LogP contribution is -2.05. The van der Waals surface area contributed by atoms with E-state index in [0.29, 0.717) is 0 Å². The Labute approximate surface area is 94.9 Å². The van der Waals surface area contributed by atoms with Crippen molar-refractivity contribution in [2.24, 2.45) is 0 Å². The average molecular weight is 213 g/mol. The van der Waals surface area contributed by atoms with E-state index in [1.165, 1.54) is 28.1 Å². The fourth-order valence-corrected chi connectivity index (χ4v) is 2.38. The maximum atomic E-state index is 4.15. The summed E-state index contributed by atoms with van der Waals surface area (Å²) in [6, 6.07) is 6.49. The molecule has 16 heavy (non-hydrogen) atoms. The van der Waals surface area contributed by atoms with Crippen LogP contribution in [0.25, 0.3) is 11.1 Å². The summed E-state index contributed by atoms with van der Waals surface area (Å²) in [5, 5.41) is 10.8. The number of aryl methyl sites for hydroxylation is 1. The number of para-hydroxylation sites is 1. The summed E-state index contributed by atoms with van der Waals surface area (Å²) in [5.41, 5.74) is 6.42. The van der Waals surface area contributed by atoms with E-state index in [1.54, 1.807) is 0 Å². The summed E-state index contributed by atoms with van der Waals surface area (Å²) in [5.74, 6) is 0. The van der Waals surface area contributed by atoms with Crippen LogP contribution in [0, 0.1) is 0 Å². The first kappa shape index (κ1) is 9.46. The number of nitrogens with one attached hydrogen (secondary N) is 2. The Balaban J connectivity index is 2.25. The summed E-state index contributed by atoms with van der Waals surface area (Å²) in [4.78, 5) is 0. The van der Waals surface area contributed by atoms with Gasteiger partial charge in [-0.3, -0.25) is 5.10 Å². The van der Waals surface area contributed by atoms with Crippen molar-refractivity contribution in [3.63, 3.8) is 0 Å². The molecule has 0 bridgehead atoms. The number of aromatic nitrogens is 2. The zero-order chi connectivity index (χ0) is 11.0. The lowest BCUT2D eigenvalue weighted by atomic mass is 10.00. The Morgan fingerprint density at radius 1 is 1.31 bits per heavy atom. The third-order valence-electron chi connectivity index (χ3n) is 3.22. The molecule has 2 heterocycles. The predicted octanol–water partition coefficient (Wildman–Crippen LogP) is 2.61. The zero-order valence-electron chi connectivity index (χ0n) is 9.38. The highest BCUT2D eigenvalue weighted by Gasteiger charge is 2.16. The van der Waals surface area contributed by atoms with Gasteiger partial charge in [-0.15, -0.1) is 0 Å². The van der Waals surface area contributed by atoms with E-state index < -0.39 is 0 Å². The smallest absolute Gasteiger partial charge is 0.0569 e. The van der Waals surface area contributed by atoms with Crippen molar-refractivity contribution in [1.29, 1.82) is 0 Å². The van der Waals surface area contributed by atoms with Crippen molar-refractivity contribution in [3.8, 4) is 11.1 Å². The Morgan fingerprint density at radius 2 is 2.25 bits per heavy atom. The van der Waals surface area contributed by atoms with Gasteiger partial charge in [-0.05, 0) is 12.0 Å². The number of fused-ring (bicyclic) bond motifs is 3. The van der Waals surface area contributed by atoms with Crippen LogP contribution in [0.1, 0.15) is 18.2 Å². The second kappa shape index (κ2) is 3.67. The lowest BCUT2D eigenvalue weighted by molar-refractivity contribution is 0.934. The molecule has 1 aromatic carbocycles. The zero-order valence-corrected chi connectivity index (χ0v) is 9.38. The Morgan fingerprint density at radius 3 is 3.12 bits per heavy atom. The fourth-order valence-electron chi connectivity index (χ4n) is 2.38. The molecule has 1 aliphatic rings. The molecule has 82 valence electrons. The van der Waals surface area contributed by atoms with E-state index in [4.69, 9.17) is 0 Å². The van der Waals surface area contributed by atoms with Gasteiger partial charge in [0, 0.05) is 35.5 Å². The minimum absolute atomic E-state index is 0.971. The SMILES string of the molecule is CCc1cccc2c1NCCc1[nH]ncc1-2. The van der Waals surface area contributed by atoms with Gasteiger partial charge in [-0.1, -0.05) is 25.1 Å². The van der Waals surface area contributed by atoms with E-state index in [-0.39, 0.29) is 0 Å². The Bertz CT molecular complexity index is 514. The highest BCUT2D eigenvalue weighted by atomic mass is 15.1. The second-order valence-electron chi connectivity index (χ2n) is 4.13. The van der Waals surface area contributed by atoms with Crippen LogP contribution in [0.2, 0.25) is 0 Å². The first-order valence-electron chi connectivity index (χ1n) is 5.78. The number of nitrogens with zero attached hydrogens (tertiary/aromatic N) is 1. The van der Waals surface area contributed by atoms with Gasteiger partial charge in [0.1, 0.15) is 0 Å². The Kier molecular flexibility index (Phi) is 2.17. The minimum Gasteiger partial charge on any atom is -0.384 e. The van der Waals surface area contributed by atoms with Gasteiger partial charge >= 0.3 is 0 Å². The van der Waals surface area contributed by atoms with Gasteiger partial charge in [-0.2, -0.15) is 5.10 Å². The van der Waals surface area contributed by atoms with Crippen molar-refractivity contribution in [1.82, 2.24) is 10.2 Å². The molecule has 0 aliphatic carbocycles. The number of aromatic amines is 1. The molecule has 0 atom stereocenters. The highest BCUT2D eigenvalue weighted by molar-refractivity contribution is 5.82. The molecule has 3 nitrogen and oxygen atoms in total. The van der Waals surface area contributed by atoms with Crippen LogP contribution >= 0.6 is 0 Å². The van der Waals surface area contributed by atoms with Crippen LogP contribution in [-0.4, -0.2) is 16.7 Å². The molecule has 0 radical (unpaired) electrons. The summed E-state index contributed by atoms with van der Waals surface area (Å²) in [6.45, 7) is 3.16. The van der Waals surface area contributed by atoms with Crippen molar-refractivity contribution in [2.75, 3.05) is 11.9 Å². The van der Waals surface area contributed by atoms with E-state index in [9.17, 15) is 0 Å². The topological polar surface area (TPSA) is 40.7 Å². The molecular weight excluding hydrogens is 198 g/mol. The van der Waals surface area contributed by atoms with Crippen LogP contribution < -0.4 is 5.32 Å². The molecule has 0 saturated heterocycles. The van der Waals surface area contributed by atoms with Gasteiger partial charge in [0.05, 0.1) is 6.20 Å². The quantitative estimate of drug-likeness (QED) is 0.764. The molecule has 1 aliphatic heterocycles. The molecule has 0 saturated carbocycles. The highest BCUT2D eigenvalue weighted by Crippen LogP contribution is 2.34. The molecule has 3 heteroatoms. The van der Waals surface area contributed by atoms with Gasteiger partial charge in [-0.25, -0.2) is 0 Å². The number of anilines is 1. The van der Waals surface area contributed by atoms with E-state index in [2.05, 4.69) is 40.6 Å². The number of hydrogen-bond acceptors (Lipinski definition) is 2. The lowest BCUT2D eigenvalue weighted by Gasteiger charge is -2.12. The van der Waals surface area contributed by atoms with Crippen LogP contribution in [0.15, 0.2) is 24.4 Å². The van der Waals surface area contributed by atoms with E-state index >= 15 is 0 Å². The molecule has 3 rings (SSSR count). The molecule has 2 N–H and O–H groups in total. The molecule has 2 aromatic rings. The van der Waals surface area contributed by atoms with Crippen LogP contribution in [0.4, 0.5) is 5.69 Å². The Hall–Kier alpha value is -1.77. The number of H-pyrrole nitrogens is 1. The van der Waals surface area contributed by atoms with Crippen molar-refractivity contribution in [3.05, 3.63) is 35.7 Å². The molecule has 0 amide bonds. The molecular formula is C13H15N3. The van der Waals surface area contributed by atoms with Gasteiger partial charge in [0.2, 0.25) is 0 Å². The van der Waals surface area contributed by atoms with E-state index in [1.807, 2.05) is 6.20 Å². The van der Waals surface area contributed by atoms with Crippen LogP contribution in [0.3, 0.4) is 0 Å². The maximum absolute atomic E-state index is 4.15. The fraction of sp³-hybridized carbons (Fsp3) is 0.308. The van der Waals surface area contributed by atoms with Gasteiger partial charge < -0.3 is 5.32 Å². The predicted molar refractivity (Wildman–Crippen MR) is 65.6 cm³/mol. The molecule has 1 aromatic heterocycles. The second-order valence-corrected chi connectivity index (χ2v) is 4.13. The van der Waals surface area contributed by atoms with Gasteiger partial charge in [0.25, 0.3) is 0 Å². The van der Waals surface area contributed by atoms with Crippen LogP contribution in [0.5, 0.6) is 0 Å². The third kappa shape index (κ3) is 1.32. The largest absolute Gasteiger partial charge is 0.384 e. The minimum atomic E-state index is 0.971. The van der Waals surface area contributed by atoms with Crippen LogP contribution in [-0.2, 0) is 12.8 Å².